The predicted octanol–water partition coefficient (Wildman–Crippen LogP) is 2.80. The molecule has 1 N–H and O–H groups in total. The minimum atomic E-state index is -4.76. The summed E-state index contributed by atoms with van der Waals surface area (Å²) in [7, 11) is 0. The van der Waals surface area contributed by atoms with Gasteiger partial charge in [-0.2, -0.15) is 0 Å². The van der Waals surface area contributed by atoms with Crippen molar-refractivity contribution in [1.29, 1.82) is 0 Å². The molecule has 0 bridgehead atoms. The van der Waals surface area contributed by atoms with Gasteiger partial charge in [-0.05, 0) is 50.6 Å². The summed E-state index contributed by atoms with van der Waals surface area (Å²) in [5.74, 6) is -1.16. The van der Waals surface area contributed by atoms with Gasteiger partial charge in [-0.1, -0.05) is 0 Å². The van der Waals surface area contributed by atoms with Gasteiger partial charge in [0, 0.05) is 12.2 Å². The zero-order valence-corrected chi connectivity index (χ0v) is 14.3. The first-order valence-electron chi connectivity index (χ1n) is 8.31. The van der Waals surface area contributed by atoms with Crippen LogP contribution in [-0.2, 0) is 14.3 Å². The zero-order chi connectivity index (χ0) is 19.2. The van der Waals surface area contributed by atoms with Crippen molar-refractivity contribution in [2.75, 3.05) is 31.6 Å². The fraction of sp³-hybridized carbons (Fsp3) is 0.529. The minimum Gasteiger partial charge on any atom is -0.466 e. The molecule has 1 unspecified atom stereocenters. The van der Waals surface area contributed by atoms with Crippen molar-refractivity contribution >= 4 is 17.6 Å². The molecular formula is C17H21F3N2O4. The average Bonchev–Trinajstić information content (AvgIpc) is 2.56. The Morgan fingerprint density at radius 2 is 1.96 bits per heavy atom. The molecule has 1 aromatic rings. The topological polar surface area (TPSA) is 67.9 Å². The molecule has 1 atom stereocenters. The average molecular weight is 374 g/mol. The van der Waals surface area contributed by atoms with Gasteiger partial charge in [0.05, 0.1) is 19.1 Å². The molecule has 6 nitrogen and oxygen atoms in total. The van der Waals surface area contributed by atoms with Gasteiger partial charge in [-0.15, -0.1) is 13.2 Å². The Bertz CT molecular complexity index is 619. The fourth-order valence-corrected chi connectivity index (χ4v) is 2.80. The van der Waals surface area contributed by atoms with Crippen molar-refractivity contribution in [3.05, 3.63) is 24.3 Å². The molecule has 144 valence electrons. The van der Waals surface area contributed by atoms with Crippen LogP contribution < -0.4 is 10.1 Å². The Morgan fingerprint density at radius 3 is 2.58 bits per heavy atom. The molecule has 0 aliphatic carbocycles. The van der Waals surface area contributed by atoms with Crippen molar-refractivity contribution in [2.45, 2.75) is 26.1 Å². The number of carbonyl (C=O) groups excluding carboxylic acids is 2. The van der Waals surface area contributed by atoms with Gasteiger partial charge in [0.25, 0.3) is 0 Å². The lowest BCUT2D eigenvalue weighted by Gasteiger charge is -2.30. The summed E-state index contributed by atoms with van der Waals surface area (Å²) >= 11 is 0. The van der Waals surface area contributed by atoms with E-state index < -0.39 is 6.36 Å². The molecule has 9 heteroatoms. The summed E-state index contributed by atoms with van der Waals surface area (Å²) < 4.78 is 45.1. The van der Waals surface area contributed by atoms with Crippen LogP contribution in [0.4, 0.5) is 18.9 Å². The molecule has 1 heterocycles. The zero-order valence-electron chi connectivity index (χ0n) is 14.3. The molecule has 0 saturated carbocycles. The van der Waals surface area contributed by atoms with Crippen molar-refractivity contribution in [1.82, 2.24) is 4.90 Å². The molecule has 1 aromatic carbocycles. The summed E-state index contributed by atoms with van der Waals surface area (Å²) in [5, 5.41) is 2.61. The molecule has 1 aliphatic rings. The molecule has 0 aromatic heterocycles. The normalized spacial score (nSPS) is 18.2. The van der Waals surface area contributed by atoms with Crippen LogP contribution >= 0.6 is 0 Å². The molecular weight excluding hydrogens is 353 g/mol. The predicted molar refractivity (Wildman–Crippen MR) is 87.6 cm³/mol. The van der Waals surface area contributed by atoms with Crippen molar-refractivity contribution < 1.29 is 32.2 Å². The number of esters is 1. The lowest BCUT2D eigenvalue weighted by atomic mass is 9.98. The van der Waals surface area contributed by atoms with Crippen LogP contribution in [0.3, 0.4) is 0 Å². The first-order chi connectivity index (χ1) is 12.3. The van der Waals surface area contributed by atoms with Crippen LogP contribution in [0.2, 0.25) is 0 Å². The summed E-state index contributed by atoms with van der Waals surface area (Å²) in [6.07, 6.45) is -3.23. The van der Waals surface area contributed by atoms with E-state index in [2.05, 4.69) is 10.1 Å². The largest absolute Gasteiger partial charge is 0.573 e. The summed E-state index contributed by atoms with van der Waals surface area (Å²) in [4.78, 5) is 25.8. The Morgan fingerprint density at radius 1 is 1.27 bits per heavy atom. The monoisotopic (exact) mass is 374 g/mol. The molecule has 1 aliphatic heterocycles. The van der Waals surface area contributed by atoms with Crippen LogP contribution in [0, 0.1) is 5.92 Å². The highest BCUT2D eigenvalue weighted by atomic mass is 19.4. The van der Waals surface area contributed by atoms with Crippen molar-refractivity contribution in [3.8, 4) is 5.75 Å². The number of likely N-dealkylation sites (tertiary alicyclic amines) is 1. The van der Waals surface area contributed by atoms with Gasteiger partial charge in [-0.3, -0.25) is 14.5 Å². The number of nitrogens with zero attached hydrogens (tertiary/aromatic N) is 1. The van der Waals surface area contributed by atoms with Gasteiger partial charge >= 0.3 is 12.3 Å². The van der Waals surface area contributed by atoms with Crippen molar-refractivity contribution in [3.63, 3.8) is 0 Å². The highest BCUT2D eigenvalue weighted by Crippen LogP contribution is 2.24. The summed E-state index contributed by atoms with van der Waals surface area (Å²) in [6, 6.07) is 4.91. The number of halogens is 3. The maximum absolute atomic E-state index is 12.1. The molecule has 0 radical (unpaired) electrons. The number of hydrogen-bond acceptors (Lipinski definition) is 5. The van der Waals surface area contributed by atoms with Crippen LogP contribution in [-0.4, -0.2) is 49.4 Å². The number of alkyl halides is 3. The quantitative estimate of drug-likeness (QED) is 0.776. The first-order valence-corrected chi connectivity index (χ1v) is 8.31. The van der Waals surface area contributed by atoms with E-state index in [0.29, 0.717) is 25.4 Å². The highest BCUT2D eigenvalue weighted by Gasteiger charge is 2.31. The molecule has 1 fully saturated rings. The Balaban J connectivity index is 1.83. The van der Waals surface area contributed by atoms with E-state index in [9.17, 15) is 22.8 Å². The van der Waals surface area contributed by atoms with Gasteiger partial charge in [0.15, 0.2) is 0 Å². The number of benzene rings is 1. The third-order valence-electron chi connectivity index (χ3n) is 3.86. The fourth-order valence-electron chi connectivity index (χ4n) is 2.80. The smallest absolute Gasteiger partial charge is 0.466 e. The van der Waals surface area contributed by atoms with E-state index in [-0.39, 0.29) is 30.1 Å². The molecule has 2 rings (SSSR count). The van der Waals surface area contributed by atoms with Crippen LogP contribution in [0.5, 0.6) is 5.75 Å². The van der Waals surface area contributed by atoms with E-state index in [0.717, 1.165) is 25.0 Å². The first kappa shape index (κ1) is 20.0. The number of nitrogens with one attached hydrogen (secondary N) is 1. The second kappa shape index (κ2) is 8.88. The number of carbonyl (C=O) groups is 2. The Hall–Kier alpha value is -2.29. The van der Waals surface area contributed by atoms with Gasteiger partial charge < -0.3 is 14.8 Å². The lowest BCUT2D eigenvalue weighted by Crippen LogP contribution is -2.43. The molecule has 0 spiro atoms. The van der Waals surface area contributed by atoms with Gasteiger partial charge in [0.2, 0.25) is 5.91 Å². The summed E-state index contributed by atoms with van der Waals surface area (Å²) in [5.41, 5.74) is 0.364. The van der Waals surface area contributed by atoms with Crippen molar-refractivity contribution in [2.24, 2.45) is 5.92 Å². The maximum Gasteiger partial charge on any atom is 0.573 e. The van der Waals surface area contributed by atoms with E-state index >= 15 is 0 Å². The van der Waals surface area contributed by atoms with Gasteiger partial charge in [-0.25, -0.2) is 0 Å². The SMILES string of the molecule is CCOC(=O)C1CCCN(CC(=O)Nc2ccc(OC(F)(F)F)cc2)C1. The summed E-state index contributed by atoms with van der Waals surface area (Å²) in [6.45, 7) is 3.31. The van der Waals surface area contributed by atoms with E-state index in [1.165, 1.54) is 12.1 Å². The second-order valence-corrected chi connectivity index (χ2v) is 5.95. The van der Waals surface area contributed by atoms with Crippen LogP contribution in [0.15, 0.2) is 24.3 Å². The van der Waals surface area contributed by atoms with Crippen LogP contribution in [0.1, 0.15) is 19.8 Å². The number of ether oxygens (including phenoxy) is 2. The third-order valence-corrected chi connectivity index (χ3v) is 3.86. The second-order valence-electron chi connectivity index (χ2n) is 5.95. The van der Waals surface area contributed by atoms with E-state index in [1.54, 1.807) is 6.92 Å². The molecule has 1 saturated heterocycles. The number of rotatable bonds is 6. The molecule has 26 heavy (non-hydrogen) atoms. The highest BCUT2D eigenvalue weighted by molar-refractivity contribution is 5.92. The number of anilines is 1. The minimum absolute atomic E-state index is 0.0940. The van der Waals surface area contributed by atoms with Crippen LogP contribution in [0.25, 0.3) is 0 Å². The van der Waals surface area contributed by atoms with E-state index in [4.69, 9.17) is 4.74 Å². The Labute approximate surface area is 149 Å². The number of hydrogen-bond donors (Lipinski definition) is 1. The number of amides is 1. The lowest BCUT2D eigenvalue weighted by molar-refractivity contribution is -0.274. The van der Waals surface area contributed by atoms with Gasteiger partial charge in [0.1, 0.15) is 5.75 Å². The maximum atomic E-state index is 12.1. The Kier molecular flexibility index (Phi) is 6.84. The standard InChI is InChI=1S/C17H21F3N2O4/c1-2-25-16(24)12-4-3-9-22(10-12)11-15(23)21-13-5-7-14(8-6-13)26-17(18,19)20/h5-8,12H,2-4,9-11H2,1H3,(H,21,23). The third kappa shape index (κ3) is 6.55. The molecule has 1 amide bonds. The van der Waals surface area contributed by atoms with E-state index in [1.807, 2.05) is 4.90 Å². The number of piperidine rings is 1.